The van der Waals surface area contributed by atoms with E-state index >= 15 is 0 Å². The molecule has 9 nitrogen and oxygen atoms in total. The number of H-pyrrole nitrogens is 1. The summed E-state index contributed by atoms with van der Waals surface area (Å²) < 4.78 is 27.8. The minimum absolute atomic E-state index is 0.0941. The van der Waals surface area contributed by atoms with Gasteiger partial charge in [-0.3, -0.25) is 9.67 Å². The summed E-state index contributed by atoms with van der Waals surface area (Å²) in [6, 6.07) is 4.02. The molecule has 0 aliphatic carbocycles. The minimum atomic E-state index is -3.32. The van der Waals surface area contributed by atoms with Gasteiger partial charge in [-0.05, 0) is 12.5 Å². The van der Waals surface area contributed by atoms with E-state index in [1.54, 1.807) is 23.3 Å². The first-order chi connectivity index (χ1) is 13.9. The van der Waals surface area contributed by atoms with E-state index in [2.05, 4.69) is 26.0 Å². The van der Waals surface area contributed by atoms with Gasteiger partial charge in [-0.15, -0.1) is 0 Å². The first-order valence-corrected chi connectivity index (χ1v) is 10.8. The number of fused-ring (bicyclic) bond motifs is 1. The van der Waals surface area contributed by atoms with Crippen LogP contribution in [0.1, 0.15) is 19.8 Å². The number of nitrogens with zero attached hydrogens (tertiary/aromatic N) is 6. The van der Waals surface area contributed by atoms with Gasteiger partial charge >= 0.3 is 0 Å². The standard InChI is InChI=1S/C19H19N7O2S/c1-3-8-29(27,28)25-12-19(13-25,5-6-20)26-11-14(9-24-26)17-15-4-7-22-18(15)23-10-16(17)21-2/h4,7,9-11H,3,5,8,12-13H2,1H3,(H,22,23). The molecule has 3 aromatic rings. The van der Waals surface area contributed by atoms with Crippen molar-refractivity contribution >= 4 is 26.7 Å². The van der Waals surface area contributed by atoms with Gasteiger partial charge in [0.15, 0.2) is 0 Å². The number of sulfonamides is 1. The molecule has 1 fully saturated rings. The lowest BCUT2D eigenvalue weighted by Crippen LogP contribution is -2.64. The predicted molar refractivity (Wildman–Crippen MR) is 107 cm³/mol. The van der Waals surface area contributed by atoms with Crippen molar-refractivity contribution in [3.8, 4) is 17.2 Å². The van der Waals surface area contributed by atoms with Crippen LogP contribution in [0.5, 0.6) is 0 Å². The van der Waals surface area contributed by atoms with E-state index in [1.807, 2.05) is 13.0 Å². The highest BCUT2D eigenvalue weighted by molar-refractivity contribution is 7.89. The van der Waals surface area contributed by atoms with Crippen molar-refractivity contribution in [3.05, 3.63) is 42.3 Å². The van der Waals surface area contributed by atoms with E-state index in [1.165, 1.54) is 10.5 Å². The lowest BCUT2D eigenvalue weighted by Gasteiger charge is -2.47. The normalized spacial score (nSPS) is 16.2. The molecule has 0 aromatic carbocycles. The van der Waals surface area contributed by atoms with E-state index in [4.69, 9.17) is 6.57 Å². The number of aromatic nitrogens is 4. The molecule has 3 aromatic heterocycles. The highest BCUT2D eigenvalue weighted by Crippen LogP contribution is 2.39. The van der Waals surface area contributed by atoms with E-state index in [9.17, 15) is 13.7 Å². The van der Waals surface area contributed by atoms with Crippen LogP contribution in [-0.4, -0.2) is 51.3 Å². The number of hydrogen-bond donors (Lipinski definition) is 1. The maximum absolute atomic E-state index is 12.3. The number of nitriles is 1. The average molecular weight is 409 g/mol. The van der Waals surface area contributed by atoms with Gasteiger partial charge in [0.05, 0.1) is 31.0 Å². The van der Waals surface area contributed by atoms with Crippen LogP contribution in [0.4, 0.5) is 5.69 Å². The molecule has 0 amide bonds. The maximum Gasteiger partial charge on any atom is 0.214 e. The van der Waals surface area contributed by atoms with Gasteiger partial charge in [0, 0.05) is 48.2 Å². The topological polar surface area (TPSA) is 112 Å². The number of hydrogen-bond acceptors (Lipinski definition) is 5. The third kappa shape index (κ3) is 3.07. The Hall–Kier alpha value is -3.21. The fourth-order valence-electron chi connectivity index (χ4n) is 3.78. The van der Waals surface area contributed by atoms with Crippen LogP contribution in [0.2, 0.25) is 0 Å². The van der Waals surface area contributed by atoms with Crippen LogP contribution >= 0.6 is 0 Å². The van der Waals surface area contributed by atoms with Crippen LogP contribution in [0, 0.1) is 17.9 Å². The molecule has 0 spiro atoms. The van der Waals surface area contributed by atoms with Crippen molar-refractivity contribution < 1.29 is 8.42 Å². The number of rotatable bonds is 6. The molecule has 1 saturated heterocycles. The van der Waals surface area contributed by atoms with Crippen molar-refractivity contribution in [2.75, 3.05) is 18.8 Å². The van der Waals surface area contributed by atoms with E-state index in [-0.39, 0.29) is 25.3 Å². The van der Waals surface area contributed by atoms with Crippen molar-refractivity contribution in [1.29, 1.82) is 5.26 Å². The summed E-state index contributed by atoms with van der Waals surface area (Å²) in [5.41, 5.74) is 1.84. The SMILES string of the molecule is [C-]#[N+]c1cnc2[nH]ccc2c1-c1cnn(C2(CC#N)CN(S(=O)(=O)CCC)C2)c1. The monoisotopic (exact) mass is 409 g/mol. The smallest absolute Gasteiger partial charge is 0.214 e. The van der Waals surface area contributed by atoms with E-state index in [0.29, 0.717) is 17.8 Å². The molecule has 0 unspecified atom stereocenters. The third-order valence-electron chi connectivity index (χ3n) is 5.25. The largest absolute Gasteiger partial charge is 0.346 e. The molecule has 0 bridgehead atoms. The van der Waals surface area contributed by atoms with Crippen LogP contribution in [0.3, 0.4) is 0 Å². The number of aromatic amines is 1. The van der Waals surface area contributed by atoms with Gasteiger partial charge < -0.3 is 4.98 Å². The van der Waals surface area contributed by atoms with Crippen molar-refractivity contribution in [3.63, 3.8) is 0 Å². The quantitative estimate of drug-likeness (QED) is 0.629. The molecule has 0 radical (unpaired) electrons. The van der Waals surface area contributed by atoms with Gasteiger partial charge in [-0.2, -0.15) is 14.7 Å². The van der Waals surface area contributed by atoms with Crippen LogP contribution in [-0.2, 0) is 15.6 Å². The second-order valence-electron chi connectivity index (χ2n) is 7.19. The predicted octanol–water partition coefficient (Wildman–Crippen LogP) is 2.64. The molecule has 29 heavy (non-hydrogen) atoms. The van der Waals surface area contributed by atoms with E-state index in [0.717, 1.165) is 16.5 Å². The molecular weight excluding hydrogens is 390 g/mol. The van der Waals surface area contributed by atoms with Crippen LogP contribution in [0.25, 0.3) is 27.0 Å². The average Bonchev–Trinajstić information content (AvgIpc) is 3.32. The first kappa shape index (κ1) is 19.1. The molecule has 1 N–H and O–H groups in total. The number of pyridine rings is 1. The summed E-state index contributed by atoms with van der Waals surface area (Å²) in [5, 5.41) is 14.6. The van der Waals surface area contributed by atoms with Gasteiger partial charge in [0.25, 0.3) is 0 Å². The lowest BCUT2D eigenvalue weighted by atomic mass is 9.89. The van der Waals surface area contributed by atoms with Gasteiger partial charge in [0.1, 0.15) is 11.2 Å². The van der Waals surface area contributed by atoms with Gasteiger partial charge in [0.2, 0.25) is 15.7 Å². The molecule has 4 rings (SSSR count). The molecule has 10 heteroatoms. The molecule has 148 valence electrons. The Morgan fingerprint density at radius 1 is 1.41 bits per heavy atom. The summed E-state index contributed by atoms with van der Waals surface area (Å²) in [4.78, 5) is 10.9. The summed E-state index contributed by atoms with van der Waals surface area (Å²) in [6.07, 6.45) is 7.42. The summed E-state index contributed by atoms with van der Waals surface area (Å²) in [5.74, 6) is 0.0941. The lowest BCUT2D eigenvalue weighted by molar-refractivity contribution is 0.0718. The first-order valence-electron chi connectivity index (χ1n) is 9.18. The molecule has 1 aliphatic heterocycles. The Kier molecular flexibility index (Phi) is 4.61. The van der Waals surface area contributed by atoms with Gasteiger partial charge in [-0.1, -0.05) is 6.92 Å². The Morgan fingerprint density at radius 3 is 2.90 bits per heavy atom. The zero-order valence-corrected chi connectivity index (χ0v) is 16.6. The summed E-state index contributed by atoms with van der Waals surface area (Å²) in [7, 11) is -3.32. The maximum atomic E-state index is 12.3. The molecular formula is C19H19N7O2S. The third-order valence-corrected chi connectivity index (χ3v) is 7.22. The molecule has 0 atom stereocenters. The zero-order valence-electron chi connectivity index (χ0n) is 15.8. The fraction of sp³-hybridized carbons (Fsp3) is 0.368. The highest BCUT2D eigenvalue weighted by atomic mass is 32.2. The summed E-state index contributed by atoms with van der Waals surface area (Å²) >= 11 is 0. The fourth-order valence-corrected chi connectivity index (χ4v) is 5.42. The molecule has 1 aliphatic rings. The van der Waals surface area contributed by atoms with Crippen molar-refractivity contribution in [1.82, 2.24) is 24.1 Å². The second kappa shape index (κ2) is 6.99. The Bertz CT molecular complexity index is 1250. The Balaban J connectivity index is 1.72. The Morgan fingerprint density at radius 2 is 2.21 bits per heavy atom. The van der Waals surface area contributed by atoms with Crippen LogP contribution in [0.15, 0.2) is 30.9 Å². The molecule has 4 heterocycles. The van der Waals surface area contributed by atoms with E-state index < -0.39 is 15.6 Å². The zero-order chi connectivity index (χ0) is 20.6. The highest BCUT2D eigenvalue weighted by Gasteiger charge is 2.49. The minimum Gasteiger partial charge on any atom is -0.346 e. The van der Waals surface area contributed by atoms with Crippen molar-refractivity contribution in [2.45, 2.75) is 25.3 Å². The number of nitrogens with one attached hydrogen (secondary N) is 1. The summed E-state index contributed by atoms with van der Waals surface area (Å²) in [6.45, 7) is 9.73. The van der Waals surface area contributed by atoms with Gasteiger partial charge in [-0.25, -0.2) is 13.3 Å². The second-order valence-corrected chi connectivity index (χ2v) is 9.28. The molecule has 0 saturated carbocycles. The Labute approximate surface area is 168 Å². The van der Waals surface area contributed by atoms with Crippen LogP contribution < -0.4 is 0 Å². The van der Waals surface area contributed by atoms with Crippen molar-refractivity contribution in [2.24, 2.45) is 0 Å².